The highest BCUT2D eigenvalue weighted by molar-refractivity contribution is 8.13. The van der Waals surface area contributed by atoms with Crippen LogP contribution in [0.3, 0.4) is 0 Å². The second kappa shape index (κ2) is 7.53. The fourth-order valence-electron chi connectivity index (χ4n) is 1.94. The highest BCUT2D eigenvalue weighted by atomic mass is 32.2. The summed E-state index contributed by atoms with van der Waals surface area (Å²) in [5.41, 5.74) is -0.614. The molecular weight excluding hydrogens is 310 g/mol. The Morgan fingerprint density at radius 1 is 1.41 bits per heavy atom. The van der Waals surface area contributed by atoms with E-state index in [0.29, 0.717) is 0 Å². The molecule has 22 heavy (non-hydrogen) atoms. The highest BCUT2D eigenvalue weighted by Crippen LogP contribution is 2.30. The summed E-state index contributed by atoms with van der Waals surface area (Å²) in [5, 5.41) is 8.38. The van der Waals surface area contributed by atoms with Gasteiger partial charge in [-0.2, -0.15) is 0 Å². The number of ether oxygens (including phenoxy) is 2. The van der Waals surface area contributed by atoms with Crippen LogP contribution in [0, 0.1) is 0 Å². The lowest BCUT2D eigenvalue weighted by molar-refractivity contribution is -0.141. The maximum absolute atomic E-state index is 11.8. The molecule has 1 rings (SSSR count). The highest BCUT2D eigenvalue weighted by Gasteiger charge is 2.42. The maximum atomic E-state index is 11.8. The molecule has 0 aliphatic carbocycles. The Labute approximate surface area is 133 Å². The van der Waals surface area contributed by atoms with Crippen LogP contribution in [0.5, 0.6) is 0 Å². The number of rotatable bonds is 4. The number of likely N-dealkylation sites (tertiary alicyclic amines) is 1. The number of amides is 1. The first-order valence-electron chi connectivity index (χ1n) is 6.80. The molecule has 2 unspecified atom stereocenters. The standard InChI is InChI=1S/C14H21NO6S/c1-5-6-20-12(18)15-8-9(7-10(15)11(16)17)22-13(19)21-14(2,3)4/h5,9-10H,1,6-8H2,2-4H3,(H,16,17). The van der Waals surface area contributed by atoms with Crippen molar-refractivity contribution < 1.29 is 29.0 Å². The summed E-state index contributed by atoms with van der Waals surface area (Å²) in [6, 6.07) is -1.00. The average Bonchev–Trinajstić information content (AvgIpc) is 2.77. The predicted molar refractivity (Wildman–Crippen MR) is 81.9 cm³/mol. The monoisotopic (exact) mass is 331 g/mol. The number of nitrogens with zero attached hydrogens (tertiary/aromatic N) is 1. The fraction of sp³-hybridized carbons (Fsp3) is 0.643. The van der Waals surface area contributed by atoms with Crippen molar-refractivity contribution in [1.29, 1.82) is 0 Å². The van der Waals surface area contributed by atoms with E-state index in [1.165, 1.54) is 6.08 Å². The Morgan fingerprint density at radius 3 is 2.55 bits per heavy atom. The predicted octanol–water partition coefficient (Wildman–Crippen LogP) is 2.50. The van der Waals surface area contributed by atoms with Gasteiger partial charge in [0.2, 0.25) is 0 Å². The van der Waals surface area contributed by atoms with Crippen molar-refractivity contribution >= 4 is 29.1 Å². The molecule has 0 radical (unpaired) electrons. The summed E-state index contributed by atoms with van der Waals surface area (Å²) >= 11 is 0.906. The summed E-state index contributed by atoms with van der Waals surface area (Å²) < 4.78 is 10.1. The van der Waals surface area contributed by atoms with E-state index in [1.54, 1.807) is 20.8 Å². The zero-order chi connectivity index (χ0) is 16.9. The number of carboxylic acids is 1. The third-order valence-electron chi connectivity index (χ3n) is 2.76. The molecule has 1 N–H and O–H groups in total. The third-order valence-corrected chi connectivity index (χ3v) is 3.71. The topological polar surface area (TPSA) is 93.1 Å². The third kappa shape index (κ3) is 5.59. The smallest absolute Gasteiger partial charge is 0.410 e. The van der Waals surface area contributed by atoms with Gasteiger partial charge in [0.05, 0.1) is 0 Å². The van der Waals surface area contributed by atoms with Crippen LogP contribution in [-0.4, -0.2) is 57.4 Å². The second-order valence-electron chi connectivity index (χ2n) is 5.81. The van der Waals surface area contributed by atoms with E-state index in [1.807, 2.05) is 0 Å². The van der Waals surface area contributed by atoms with Crippen molar-refractivity contribution in [3.8, 4) is 0 Å². The molecule has 124 valence electrons. The van der Waals surface area contributed by atoms with Gasteiger partial charge in [-0.15, -0.1) is 0 Å². The first-order chi connectivity index (χ1) is 10.1. The van der Waals surface area contributed by atoms with E-state index in [2.05, 4.69) is 6.58 Å². The lowest BCUT2D eigenvalue weighted by Gasteiger charge is -2.21. The van der Waals surface area contributed by atoms with Gasteiger partial charge in [-0.25, -0.2) is 14.4 Å². The molecule has 1 fully saturated rings. The molecule has 1 amide bonds. The molecule has 0 spiro atoms. The van der Waals surface area contributed by atoms with Crippen LogP contribution >= 0.6 is 11.8 Å². The van der Waals surface area contributed by atoms with Crippen molar-refractivity contribution in [3.63, 3.8) is 0 Å². The molecule has 0 aromatic heterocycles. The van der Waals surface area contributed by atoms with Gasteiger partial charge in [0.15, 0.2) is 0 Å². The van der Waals surface area contributed by atoms with Gasteiger partial charge >= 0.3 is 17.4 Å². The maximum Gasteiger partial charge on any atom is 0.410 e. The first kappa shape index (κ1) is 18.3. The Bertz CT molecular complexity index is 459. The van der Waals surface area contributed by atoms with Crippen LogP contribution < -0.4 is 0 Å². The Balaban J connectivity index is 2.66. The van der Waals surface area contributed by atoms with Crippen LogP contribution in [-0.2, 0) is 14.3 Å². The number of hydrogen-bond donors (Lipinski definition) is 1. The molecule has 1 aliphatic heterocycles. The normalized spacial score (nSPS) is 21.3. The summed E-state index contributed by atoms with van der Waals surface area (Å²) in [6.07, 6.45) is 0.846. The fourth-order valence-corrected chi connectivity index (χ4v) is 3.03. The minimum Gasteiger partial charge on any atom is -0.480 e. The molecule has 8 heteroatoms. The number of thioether (sulfide) groups is 1. The Kier molecular flexibility index (Phi) is 6.28. The quantitative estimate of drug-likeness (QED) is 0.625. The van der Waals surface area contributed by atoms with Gasteiger partial charge in [0.1, 0.15) is 18.2 Å². The summed E-state index contributed by atoms with van der Waals surface area (Å²) in [4.78, 5) is 36.0. The second-order valence-corrected chi connectivity index (χ2v) is 7.05. The number of carbonyl (C=O) groups is 3. The first-order valence-corrected chi connectivity index (χ1v) is 7.68. The Morgan fingerprint density at radius 2 is 2.05 bits per heavy atom. The molecule has 0 aromatic carbocycles. The minimum atomic E-state index is -1.12. The van der Waals surface area contributed by atoms with Crippen LogP contribution in [0.25, 0.3) is 0 Å². The van der Waals surface area contributed by atoms with Gasteiger partial charge in [0.25, 0.3) is 0 Å². The van der Waals surface area contributed by atoms with E-state index in [0.717, 1.165) is 16.7 Å². The zero-order valence-electron chi connectivity index (χ0n) is 12.9. The van der Waals surface area contributed by atoms with Crippen LogP contribution in [0.4, 0.5) is 9.59 Å². The van der Waals surface area contributed by atoms with E-state index in [9.17, 15) is 19.5 Å². The van der Waals surface area contributed by atoms with Crippen LogP contribution in [0.15, 0.2) is 12.7 Å². The Hall–Kier alpha value is -1.70. The van der Waals surface area contributed by atoms with Gasteiger partial charge in [-0.05, 0) is 39.0 Å². The van der Waals surface area contributed by atoms with E-state index in [-0.39, 0.29) is 24.8 Å². The summed E-state index contributed by atoms with van der Waals surface area (Å²) in [6.45, 7) is 8.80. The molecule has 2 atom stereocenters. The van der Waals surface area contributed by atoms with Gasteiger partial charge < -0.3 is 14.6 Å². The van der Waals surface area contributed by atoms with E-state index in [4.69, 9.17) is 9.47 Å². The molecule has 0 saturated carbocycles. The average molecular weight is 331 g/mol. The minimum absolute atomic E-state index is 0.00550. The molecule has 0 aromatic rings. The molecule has 7 nitrogen and oxygen atoms in total. The van der Waals surface area contributed by atoms with E-state index < -0.39 is 29.0 Å². The zero-order valence-corrected chi connectivity index (χ0v) is 13.7. The van der Waals surface area contributed by atoms with Gasteiger partial charge in [-0.3, -0.25) is 4.90 Å². The van der Waals surface area contributed by atoms with Crippen molar-refractivity contribution in [1.82, 2.24) is 4.90 Å². The molecule has 0 bridgehead atoms. The van der Waals surface area contributed by atoms with Gasteiger partial charge in [0, 0.05) is 11.8 Å². The SMILES string of the molecule is C=CCOC(=O)N1CC(SC(=O)OC(C)(C)C)CC1C(=O)O. The number of hydrogen-bond acceptors (Lipinski definition) is 6. The van der Waals surface area contributed by atoms with Crippen LogP contribution in [0.2, 0.25) is 0 Å². The molecular formula is C14H21NO6S. The number of carbonyl (C=O) groups excluding carboxylic acids is 2. The van der Waals surface area contributed by atoms with Crippen molar-refractivity contribution in [3.05, 3.63) is 12.7 Å². The number of aliphatic carboxylic acids is 1. The van der Waals surface area contributed by atoms with Crippen LogP contribution in [0.1, 0.15) is 27.2 Å². The van der Waals surface area contributed by atoms with Gasteiger partial charge in [-0.1, -0.05) is 12.7 Å². The summed E-state index contributed by atoms with van der Waals surface area (Å²) in [7, 11) is 0. The molecule has 1 saturated heterocycles. The van der Waals surface area contributed by atoms with E-state index >= 15 is 0 Å². The van der Waals surface area contributed by atoms with Crippen molar-refractivity contribution in [2.75, 3.05) is 13.2 Å². The lowest BCUT2D eigenvalue weighted by Crippen LogP contribution is -2.40. The van der Waals surface area contributed by atoms with Crippen molar-refractivity contribution in [2.45, 2.75) is 44.1 Å². The summed E-state index contributed by atoms with van der Waals surface area (Å²) in [5.74, 6) is -1.12. The molecule has 1 heterocycles. The number of carboxylic acid groups (broad SMARTS) is 1. The van der Waals surface area contributed by atoms with Crippen molar-refractivity contribution in [2.24, 2.45) is 0 Å². The molecule has 1 aliphatic rings. The lowest BCUT2D eigenvalue weighted by atomic mass is 10.2. The largest absolute Gasteiger partial charge is 0.480 e.